The molecular weight excluding hydrogens is 576 g/mol. The van der Waals surface area contributed by atoms with Crippen molar-refractivity contribution in [3.05, 3.63) is 85.5 Å². The number of rotatable bonds is 24. The van der Waals surface area contributed by atoms with Gasteiger partial charge in [-0.25, -0.2) is 9.59 Å². The van der Waals surface area contributed by atoms with Gasteiger partial charge in [-0.3, -0.25) is 0 Å². The van der Waals surface area contributed by atoms with Gasteiger partial charge in [0.2, 0.25) is 0 Å². The van der Waals surface area contributed by atoms with E-state index in [1.165, 1.54) is 0 Å². The number of benzene rings is 1. The van der Waals surface area contributed by atoms with Crippen molar-refractivity contribution in [1.82, 2.24) is 10.6 Å². The average Bonchev–Trinajstić information content (AvgIpc) is 3.31. The van der Waals surface area contributed by atoms with Crippen LogP contribution >= 0.6 is 0 Å². The third kappa shape index (κ3) is 11.8. The maximum atomic E-state index is 13.2. The van der Waals surface area contributed by atoms with Crippen LogP contribution in [0.25, 0.3) is 0 Å². The molecule has 1 aliphatic carbocycles. The molecule has 0 radical (unpaired) electrons. The van der Waals surface area contributed by atoms with Crippen molar-refractivity contribution < 1.29 is 38.0 Å². The van der Waals surface area contributed by atoms with E-state index in [0.29, 0.717) is 65.7 Å². The Morgan fingerprint density at radius 3 is 1.47 bits per heavy atom. The second-order valence-electron chi connectivity index (χ2n) is 11.4. The fourth-order valence-electron chi connectivity index (χ4n) is 4.96. The summed E-state index contributed by atoms with van der Waals surface area (Å²) in [5.74, 6) is 0. The van der Waals surface area contributed by atoms with Gasteiger partial charge in [-0.2, -0.15) is 0 Å². The molecule has 10 heteroatoms. The van der Waals surface area contributed by atoms with Crippen molar-refractivity contribution in [2.24, 2.45) is 10.8 Å². The third-order valence-electron chi connectivity index (χ3n) is 7.97. The first-order chi connectivity index (χ1) is 21.7. The molecule has 0 spiro atoms. The van der Waals surface area contributed by atoms with Crippen LogP contribution in [0.15, 0.2) is 68.8 Å². The number of ether oxygens (including phenoxy) is 6. The van der Waals surface area contributed by atoms with E-state index in [1.807, 2.05) is 39.0 Å². The number of carbonyl (C=O) groups excluding carboxylic acids is 2. The fraction of sp³-hybridized carbons (Fsp3) is 0.543. The number of amides is 2. The van der Waals surface area contributed by atoms with E-state index < -0.39 is 35.1 Å². The maximum Gasteiger partial charge on any atom is 0.407 e. The van der Waals surface area contributed by atoms with Crippen molar-refractivity contribution in [3.63, 3.8) is 0 Å². The first-order valence-electron chi connectivity index (χ1n) is 15.4. The Hall–Kier alpha value is -3.44. The molecular formula is C35H52N2O8. The van der Waals surface area contributed by atoms with Crippen LogP contribution in [0.5, 0.6) is 0 Å². The molecule has 45 heavy (non-hydrogen) atoms. The largest absolute Gasteiger partial charge is 0.449 e. The molecule has 0 aliphatic heterocycles. The Morgan fingerprint density at radius 2 is 1.09 bits per heavy atom. The van der Waals surface area contributed by atoms with Gasteiger partial charge in [-0.1, -0.05) is 56.4 Å². The molecule has 1 aromatic carbocycles. The Labute approximate surface area is 268 Å². The Bertz CT molecular complexity index is 1090. The molecule has 0 aromatic heterocycles. The fourth-order valence-corrected chi connectivity index (χ4v) is 4.96. The Morgan fingerprint density at radius 1 is 0.689 bits per heavy atom. The Kier molecular flexibility index (Phi) is 16.6. The lowest BCUT2D eigenvalue weighted by molar-refractivity contribution is -0.0474. The van der Waals surface area contributed by atoms with Gasteiger partial charge in [0.05, 0.1) is 75.8 Å². The SMILES string of the molecule is C=CCOCC(CC)(COCC=C)COC(=O)NC1c2ccc(C)c(c2)C1NC(=O)OCC(CC)(COCC=C)COCC=C. The van der Waals surface area contributed by atoms with Gasteiger partial charge in [0.1, 0.15) is 13.2 Å². The van der Waals surface area contributed by atoms with Gasteiger partial charge < -0.3 is 39.1 Å². The van der Waals surface area contributed by atoms with E-state index in [-0.39, 0.29) is 13.2 Å². The first kappa shape index (κ1) is 37.7. The summed E-state index contributed by atoms with van der Waals surface area (Å²) in [6.45, 7) is 23.7. The summed E-state index contributed by atoms with van der Waals surface area (Å²) in [6.07, 6.45) is 6.76. The van der Waals surface area contributed by atoms with Gasteiger partial charge in [-0.15, -0.1) is 26.3 Å². The topological polar surface area (TPSA) is 114 Å². The van der Waals surface area contributed by atoms with Crippen molar-refractivity contribution in [2.75, 3.05) is 66.1 Å². The van der Waals surface area contributed by atoms with E-state index in [1.54, 1.807) is 24.3 Å². The highest BCUT2D eigenvalue weighted by Crippen LogP contribution is 2.39. The van der Waals surface area contributed by atoms with Crippen molar-refractivity contribution >= 4 is 12.2 Å². The standard InChI is InChI=1S/C35H52N2O8/c1-8-16-40-21-34(12-5,22-41-17-9-2)25-44-32(38)36-30-28-15-14-27(7)29(20-28)31(30)37-33(39)45-26-35(13-6,23-42-18-10-3)24-43-19-11-4/h8-11,14-15,20,30-31H,1-4,12-13,16-19,21-26H2,5-7H3,(H,36,38)(H,37,39). The van der Waals surface area contributed by atoms with Crippen molar-refractivity contribution in [3.8, 4) is 0 Å². The highest BCUT2D eigenvalue weighted by Gasteiger charge is 2.38. The molecule has 1 aromatic rings. The molecule has 0 saturated carbocycles. The molecule has 10 nitrogen and oxygen atoms in total. The summed E-state index contributed by atoms with van der Waals surface area (Å²) in [4.78, 5) is 26.4. The average molecular weight is 629 g/mol. The van der Waals surface area contributed by atoms with E-state index >= 15 is 0 Å². The number of aryl methyl sites for hydroxylation is 1. The summed E-state index contributed by atoms with van der Waals surface area (Å²) in [6, 6.07) is 4.75. The molecule has 0 heterocycles. The Balaban J connectivity index is 2.10. The minimum atomic E-state index is -0.616. The van der Waals surface area contributed by atoms with E-state index in [9.17, 15) is 9.59 Å². The summed E-state index contributed by atoms with van der Waals surface area (Å²) < 4.78 is 34.4. The van der Waals surface area contributed by atoms with Gasteiger partial charge in [0, 0.05) is 0 Å². The quantitative estimate of drug-likeness (QED) is 0.104. The smallest absolute Gasteiger partial charge is 0.407 e. The van der Waals surface area contributed by atoms with Gasteiger partial charge in [0.15, 0.2) is 0 Å². The first-order valence-corrected chi connectivity index (χ1v) is 15.4. The van der Waals surface area contributed by atoms with Gasteiger partial charge in [-0.05, 0) is 36.5 Å². The van der Waals surface area contributed by atoms with Crippen LogP contribution in [-0.2, 0) is 28.4 Å². The van der Waals surface area contributed by atoms with Crippen LogP contribution in [0.1, 0.15) is 55.5 Å². The summed E-state index contributed by atoms with van der Waals surface area (Å²) in [7, 11) is 0. The van der Waals surface area contributed by atoms with E-state index in [2.05, 4.69) is 36.9 Å². The van der Waals surface area contributed by atoms with Crippen LogP contribution in [0, 0.1) is 17.8 Å². The zero-order chi connectivity index (χ0) is 33.1. The zero-order valence-electron chi connectivity index (χ0n) is 27.3. The molecule has 2 unspecified atom stereocenters. The second-order valence-corrected chi connectivity index (χ2v) is 11.4. The number of alkyl carbamates (subject to hydrolysis) is 2. The third-order valence-corrected chi connectivity index (χ3v) is 7.97. The predicted molar refractivity (Wildman–Crippen MR) is 175 cm³/mol. The molecule has 2 atom stereocenters. The molecule has 1 aliphatic rings. The molecule has 0 fully saturated rings. The van der Waals surface area contributed by atoms with Crippen LogP contribution < -0.4 is 10.6 Å². The number of hydrogen-bond acceptors (Lipinski definition) is 8. The minimum Gasteiger partial charge on any atom is -0.449 e. The molecule has 250 valence electrons. The molecule has 0 saturated heterocycles. The van der Waals surface area contributed by atoms with Crippen LogP contribution in [-0.4, -0.2) is 78.3 Å². The lowest BCUT2D eigenvalue weighted by atomic mass is 9.88. The van der Waals surface area contributed by atoms with Crippen LogP contribution in [0.4, 0.5) is 9.59 Å². The number of carbonyl (C=O) groups is 2. The predicted octanol–water partition coefficient (Wildman–Crippen LogP) is 6.15. The lowest BCUT2D eigenvalue weighted by Gasteiger charge is -2.32. The van der Waals surface area contributed by atoms with Crippen molar-refractivity contribution in [1.29, 1.82) is 0 Å². The summed E-state index contributed by atoms with van der Waals surface area (Å²) in [5, 5.41) is 5.92. The van der Waals surface area contributed by atoms with E-state index in [4.69, 9.17) is 28.4 Å². The monoisotopic (exact) mass is 628 g/mol. The number of fused-ring (bicyclic) bond motifs is 2. The second kappa shape index (κ2) is 19.8. The molecule has 2 amide bonds. The number of nitrogens with one attached hydrogen (secondary N) is 2. The van der Waals surface area contributed by atoms with Gasteiger partial charge in [0.25, 0.3) is 0 Å². The molecule has 2 rings (SSSR count). The normalized spacial score (nSPS) is 15.6. The highest BCUT2D eigenvalue weighted by molar-refractivity contribution is 5.71. The minimum absolute atomic E-state index is 0.0774. The highest BCUT2D eigenvalue weighted by atomic mass is 16.6. The zero-order valence-corrected chi connectivity index (χ0v) is 27.3. The lowest BCUT2D eigenvalue weighted by Crippen LogP contribution is -2.43. The number of hydrogen-bond donors (Lipinski definition) is 2. The summed E-state index contributed by atoms with van der Waals surface area (Å²) in [5.41, 5.74) is 1.61. The maximum absolute atomic E-state index is 13.2. The van der Waals surface area contributed by atoms with Crippen LogP contribution in [0.2, 0.25) is 0 Å². The summed E-state index contributed by atoms with van der Waals surface area (Å²) >= 11 is 0. The van der Waals surface area contributed by atoms with Crippen molar-refractivity contribution in [2.45, 2.75) is 45.7 Å². The van der Waals surface area contributed by atoms with E-state index in [0.717, 1.165) is 16.7 Å². The molecule has 2 N–H and O–H groups in total. The van der Waals surface area contributed by atoms with Gasteiger partial charge >= 0.3 is 12.2 Å². The van der Waals surface area contributed by atoms with Crippen LogP contribution in [0.3, 0.4) is 0 Å². The molecule has 2 bridgehead atoms.